The van der Waals surface area contributed by atoms with Gasteiger partial charge in [0, 0.05) is 57.2 Å². The molecule has 0 aliphatic carbocycles. The summed E-state index contributed by atoms with van der Waals surface area (Å²) in [5.74, 6) is 1.30. The molecular formula is C18H28N4O3. The molecule has 0 radical (unpaired) electrons. The quantitative estimate of drug-likeness (QED) is 0.876. The summed E-state index contributed by atoms with van der Waals surface area (Å²) < 4.78 is 17.8. The highest BCUT2D eigenvalue weighted by atomic mass is 16.5. The van der Waals surface area contributed by atoms with Gasteiger partial charge in [-0.2, -0.15) is 0 Å². The summed E-state index contributed by atoms with van der Waals surface area (Å²) in [4.78, 5) is 10.9. The molecule has 4 heterocycles. The summed E-state index contributed by atoms with van der Waals surface area (Å²) in [5.41, 5.74) is -0.163. The van der Waals surface area contributed by atoms with E-state index in [-0.39, 0.29) is 5.60 Å². The van der Waals surface area contributed by atoms with Crippen LogP contribution in [0, 0.1) is 5.92 Å². The average Bonchev–Trinajstić information content (AvgIpc) is 2.94. The highest BCUT2D eigenvalue weighted by molar-refractivity contribution is 5.29. The predicted molar refractivity (Wildman–Crippen MR) is 93.5 cm³/mol. The minimum Gasteiger partial charge on any atom is -0.381 e. The molecule has 138 valence electrons. The molecule has 2 unspecified atom stereocenters. The molecule has 2 atom stereocenters. The van der Waals surface area contributed by atoms with Crippen LogP contribution in [0.1, 0.15) is 19.3 Å². The normalized spacial score (nSPS) is 31.9. The Morgan fingerprint density at radius 1 is 1.20 bits per heavy atom. The number of anilines is 1. The van der Waals surface area contributed by atoms with Crippen molar-refractivity contribution in [3.63, 3.8) is 0 Å². The van der Waals surface area contributed by atoms with E-state index in [2.05, 4.69) is 20.2 Å². The molecule has 0 bridgehead atoms. The molecule has 7 heteroatoms. The number of hydrogen-bond donors (Lipinski definition) is 1. The predicted octanol–water partition coefficient (Wildman–Crippen LogP) is 1.17. The second-order valence-electron chi connectivity index (χ2n) is 7.40. The van der Waals surface area contributed by atoms with Gasteiger partial charge in [0.2, 0.25) is 0 Å². The molecule has 3 aliphatic rings. The number of nitrogens with zero attached hydrogens (tertiary/aromatic N) is 3. The molecule has 7 nitrogen and oxygen atoms in total. The zero-order valence-corrected chi connectivity index (χ0v) is 14.7. The van der Waals surface area contributed by atoms with Gasteiger partial charge in [-0.15, -0.1) is 0 Å². The SMILES string of the molecule is c1cnc(NCC2COC3(COCCN(C4CCOCC4)C3)C2)cn1. The van der Waals surface area contributed by atoms with Crippen LogP contribution >= 0.6 is 0 Å². The highest BCUT2D eigenvalue weighted by Crippen LogP contribution is 2.34. The van der Waals surface area contributed by atoms with Crippen LogP contribution in [0.25, 0.3) is 0 Å². The first-order valence-electron chi connectivity index (χ1n) is 9.36. The minimum absolute atomic E-state index is 0.163. The Kier molecular flexibility index (Phi) is 5.45. The fourth-order valence-electron chi connectivity index (χ4n) is 4.22. The molecule has 3 saturated heterocycles. The largest absolute Gasteiger partial charge is 0.381 e. The topological polar surface area (TPSA) is 68.7 Å². The Morgan fingerprint density at radius 3 is 2.96 bits per heavy atom. The molecule has 0 aromatic carbocycles. The van der Waals surface area contributed by atoms with Crippen LogP contribution in [0.5, 0.6) is 0 Å². The lowest BCUT2D eigenvalue weighted by Crippen LogP contribution is -2.49. The van der Waals surface area contributed by atoms with E-state index in [9.17, 15) is 0 Å². The van der Waals surface area contributed by atoms with Gasteiger partial charge in [0.1, 0.15) is 11.4 Å². The van der Waals surface area contributed by atoms with Gasteiger partial charge in [0.15, 0.2) is 0 Å². The Morgan fingerprint density at radius 2 is 2.12 bits per heavy atom. The highest BCUT2D eigenvalue weighted by Gasteiger charge is 2.44. The number of hydrogen-bond acceptors (Lipinski definition) is 7. The first-order chi connectivity index (χ1) is 12.3. The Balaban J connectivity index is 1.34. The molecule has 1 aromatic rings. The number of nitrogens with one attached hydrogen (secondary N) is 1. The van der Waals surface area contributed by atoms with Crippen molar-refractivity contribution in [3.05, 3.63) is 18.6 Å². The number of rotatable bonds is 4. The van der Waals surface area contributed by atoms with Crippen molar-refractivity contribution in [1.29, 1.82) is 0 Å². The van der Waals surface area contributed by atoms with Crippen LogP contribution in [-0.2, 0) is 14.2 Å². The zero-order valence-electron chi connectivity index (χ0n) is 14.7. The molecule has 3 aliphatic heterocycles. The van der Waals surface area contributed by atoms with Crippen molar-refractivity contribution in [2.24, 2.45) is 5.92 Å². The Labute approximate surface area is 149 Å². The van der Waals surface area contributed by atoms with Gasteiger partial charge < -0.3 is 19.5 Å². The Bertz CT molecular complexity index is 540. The van der Waals surface area contributed by atoms with E-state index in [0.717, 1.165) is 71.1 Å². The second-order valence-corrected chi connectivity index (χ2v) is 7.40. The fraction of sp³-hybridized carbons (Fsp3) is 0.778. The first-order valence-corrected chi connectivity index (χ1v) is 9.36. The van der Waals surface area contributed by atoms with Gasteiger partial charge in [-0.1, -0.05) is 0 Å². The van der Waals surface area contributed by atoms with Crippen molar-refractivity contribution < 1.29 is 14.2 Å². The third-order valence-corrected chi connectivity index (χ3v) is 5.51. The van der Waals surface area contributed by atoms with Gasteiger partial charge >= 0.3 is 0 Å². The maximum absolute atomic E-state index is 6.31. The van der Waals surface area contributed by atoms with Gasteiger partial charge in [-0.05, 0) is 19.3 Å². The molecule has 3 fully saturated rings. The first kappa shape index (κ1) is 17.1. The zero-order chi connectivity index (χ0) is 17.0. The molecule has 1 aromatic heterocycles. The van der Waals surface area contributed by atoms with Crippen molar-refractivity contribution in [2.45, 2.75) is 30.9 Å². The van der Waals surface area contributed by atoms with Crippen LogP contribution < -0.4 is 5.32 Å². The Hall–Kier alpha value is -1.28. The molecule has 1 spiro atoms. The number of aromatic nitrogens is 2. The van der Waals surface area contributed by atoms with Crippen LogP contribution in [0.3, 0.4) is 0 Å². The van der Waals surface area contributed by atoms with Gasteiger partial charge in [0.05, 0.1) is 26.0 Å². The van der Waals surface area contributed by atoms with Gasteiger partial charge in [-0.25, -0.2) is 4.98 Å². The lowest BCUT2D eigenvalue weighted by molar-refractivity contribution is -0.0633. The van der Waals surface area contributed by atoms with Crippen LogP contribution in [0.15, 0.2) is 18.6 Å². The summed E-state index contributed by atoms with van der Waals surface area (Å²) in [6.07, 6.45) is 8.42. The fourth-order valence-corrected chi connectivity index (χ4v) is 4.22. The van der Waals surface area contributed by atoms with Crippen molar-refractivity contribution in [1.82, 2.24) is 14.9 Å². The lowest BCUT2D eigenvalue weighted by atomic mass is 9.93. The third kappa shape index (κ3) is 4.28. The standard InChI is InChI=1S/C18H28N4O3/c1-6-23-7-2-16(1)22-5-8-24-14-18(13-22)9-15(12-25-18)10-21-17-11-19-3-4-20-17/h3-4,11,15-16H,1-2,5-10,12-14H2,(H,20,21). The third-order valence-electron chi connectivity index (χ3n) is 5.51. The maximum atomic E-state index is 6.31. The molecule has 0 amide bonds. The van der Waals surface area contributed by atoms with Crippen molar-refractivity contribution >= 4 is 5.82 Å². The monoisotopic (exact) mass is 348 g/mol. The molecule has 4 rings (SSSR count). The summed E-state index contributed by atoms with van der Waals surface area (Å²) in [5, 5.41) is 3.37. The molecular weight excluding hydrogens is 320 g/mol. The number of ether oxygens (including phenoxy) is 3. The van der Waals surface area contributed by atoms with Crippen LogP contribution in [-0.4, -0.2) is 79.2 Å². The minimum atomic E-state index is -0.163. The summed E-state index contributed by atoms with van der Waals surface area (Å²) in [6.45, 7) is 6.86. The van der Waals surface area contributed by atoms with Crippen LogP contribution in [0.2, 0.25) is 0 Å². The van der Waals surface area contributed by atoms with Crippen molar-refractivity contribution in [3.8, 4) is 0 Å². The van der Waals surface area contributed by atoms with E-state index >= 15 is 0 Å². The van der Waals surface area contributed by atoms with E-state index < -0.39 is 0 Å². The average molecular weight is 348 g/mol. The van der Waals surface area contributed by atoms with E-state index in [1.165, 1.54) is 0 Å². The van der Waals surface area contributed by atoms with E-state index in [0.29, 0.717) is 18.6 Å². The summed E-state index contributed by atoms with van der Waals surface area (Å²) in [6, 6.07) is 0.604. The molecule has 0 saturated carbocycles. The van der Waals surface area contributed by atoms with E-state index in [1.807, 2.05) is 0 Å². The smallest absolute Gasteiger partial charge is 0.144 e. The molecule has 25 heavy (non-hydrogen) atoms. The van der Waals surface area contributed by atoms with Gasteiger partial charge in [0.25, 0.3) is 0 Å². The van der Waals surface area contributed by atoms with Crippen LogP contribution in [0.4, 0.5) is 5.82 Å². The molecule has 1 N–H and O–H groups in total. The lowest BCUT2D eigenvalue weighted by Gasteiger charge is -2.37. The van der Waals surface area contributed by atoms with Crippen molar-refractivity contribution in [2.75, 3.05) is 58.0 Å². The van der Waals surface area contributed by atoms with Gasteiger partial charge in [-0.3, -0.25) is 9.88 Å². The van der Waals surface area contributed by atoms with E-state index in [1.54, 1.807) is 18.6 Å². The van der Waals surface area contributed by atoms with E-state index in [4.69, 9.17) is 14.2 Å². The second kappa shape index (κ2) is 7.95. The summed E-state index contributed by atoms with van der Waals surface area (Å²) in [7, 11) is 0. The summed E-state index contributed by atoms with van der Waals surface area (Å²) >= 11 is 0. The maximum Gasteiger partial charge on any atom is 0.144 e.